The Morgan fingerprint density at radius 2 is 1.47 bits per heavy atom. The molecule has 1 saturated heterocycles. The van der Waals surface area contributed by atoms with Crippen LogP contribution < -0.4 is 5.32 Å². The molecule has 0 amide bonds. The molecule has 1 aliphatic heterocycles. The van der Waals surface area contributed by atoms with Crippen molar-refractivity contribution in [3.05, 3.63) is 71.8 Å². The molecule has 1 aliphatic rings. The predicted molar refractivity (Wildman–Crippen MR) is 125 cm³/mol. The maximum absolute atomic E-state index is 10.6. The fourth-order valence-corrected chi connectivity index (χ4v) is 4.47. The Bertz CT molecular complexity index is 761. The summed E-state index contributed by atoms with van der Waals surface area (Å²) in [5, 5.41) is 3.64. The van der Waals surface area contributed by atoms with E-state index in [4.69, 9.17) is 9.47 Å². The van der Waals surface area contributed by atoms with E-state index in [2.05, 4.69) is 43.4 Å². The van der Waals surface area contributed by atoms with Crippen LogP contribution in [0.3, 0.4) is 0 Å². The number of hydrogen-bond acceptors (Lipinski definition) is 4. The standard InChI is InChI=1S/C25H37NO3Si/c1-25(2,30(3,4)27)16-15-22-24(29-18-21-13-9-6-10-14-21)23(26-22)19-28-17-20-11-7-5-8-12-20/h5-14,22-24,26-27H,15-19H2,1-4H3/t22-,23-,24+/m0/s1. The molecule has 2 aromatic carbocycles. The molecular weight excluding hydrogens is 390 g/mol. The van der Waals surface area contributed by atoms with E-state index >= 15 is 0 Å². The van der Waals surface area contributed by atoms with Crippen molar-refractivity contribution in [1.82, 2.24) is 5.32 Å². The summed E-state index contributed by atoms with van der Waals surface area (Å²) in [6.45, 7) is 10.3. The van der Waals surface area contributed by atoms with Crippen LogP contribution in [-0.4, -0.2) is 37.9 Å². The minimum atomic E-state index is -2.20. The summed E-state index contributed by atoms with van der Waals surface area (Å²) < 4.78 is 12.3. The fourth-order valence-electron chi connectivity index (χ4n) is 3.72. The zero-order valence-electron chi connectivity index (χ0n) is 18.8. The Balaban J connectivity index is 1.54. The van der Waals surface area contributed by atoms with E-state index in [1.165, 1.54) is 11.1 Å². The summed E-state index contributed by atoms with van der Waals surface area (Å²) in [6, 6.07) is 21.1. The molecule has 0 saturated carbocycles. The number of ether oxygens (including phenoxy) is 2. The van der Waals surface area contributed by atoms with E-state index in [1.54, 1.807) is 0 Å². The van der Waals surface area contributed by atoms with E-state index in [1.807, 2.05) is 49.5 Å². The molecule has 1 heterocycles. The summed E-state index contributed by atoms with van der Waals surface area (Å²) >= 11 is 0. The lowest BCUT2D eigenvalue weighted by molar-refractivity contribution is -0.0918. The molecular formula is C25H37NO3Si. The third-order valence-electron chi connectivity index (χ3n) is 6.65. The zero-order chi connectivity index (χ0) is 21.6. The average molecular weight is 428 g/mol. The van der Waals surface area contributed by atoms with Crippen LogP contribution in [0.2, 0.25) is 18.1 Å². The van der Waals surface area contributed by atoms with Gasteiger partial charge < -0.3 is 19.6 Å². The first-order valence-electron chi connectivity index (χ1n) is 11.0. The Morgan fingerprint density at radius 1 is 0.900 bits per heavy atom. The molecule has 2 aromatic rings. The summed E-state index contributed by atoms with van der Waals surface area (Å²) in [6.07, 6.45) is 2.11. The van der Waals surface area contributed by atoms with Crippen LogP contribution in [-0.2, 0) is 22.7 Å². The maximum Gasteiger partial charge on any atom is 0.188 e. The number of hydrogen-bond donors (Lipinski definition) is 2. The van der Waals surface area contributed by atoms with Crippen LogP contribution in [0.25, 0.3) is 0 Å². The van der Waals surface area contributed by atoms with Gasteiger partial charge >= 0.3 is 0 Å². The number of rotatable bonds is 11. The van der Waals surface area contributed by atoms with E-state index in [0.717, 1.165) is 12.8 Å². The average Bonchev–Trinajstić information content (AvgIpc) is 2.70. The number of nitrogens with one attached hydrogen (secondary N) is 1. The second-order valence-electron chi connectivity index (χ2n) is 9.62. The van der Waals surface area contributed by atoms with Gasteiger partial charge in [-0.1, -0.05) is 74.5 Å². The lowest BCUT2D eigenvalue weighted by Crippen LogP contribution is -2.68. The third-order valence-corrected chi connectivity index (χ3v) is 10.2. The lowest BCUT2D eigenvalue weighted by atomic mass is 9.87. The lowest BCUT2D eigenvalue weighted by Gasteiger charge is -2.47. The molecule has 30 heavy (non-hydrogen) atoms. The van der Waals surface area contributed by atoms with Crippen molar-refractivity contribution in [2.75, 3.05) is 6.61 Å². The first kappa shape index (κ1) is 23.2. The van der Waals surface area contributed by atoms with Crippen molar-refractivity contribution in [2.45, 2.75) is 76.2 Å². The van der Waals surface area contributed by atoms with E-state index in [9.17, 15) is 4.80 Å². The first-order valence-corrected chi connectivity index (χ1v) is 14.0. The monoisotopic (exact) mass is 427 g/mol. The highest BCUT2D eigenvalue weighted by Crippen LogP contribution is 2.41. The topological polar surface area (TPSA) is 50.7 Å². The van der Waals surface area contributed by atoms with Gasteiger partial charge in [-0.15, -0.1) is 0 Å². The third kappa shape index (κ3) is 6.25. The normalized spacial score (nSPS) is 22.0. The molecule has 0 aromatic heterocycles. The van der Waals surface area contributed by atoms with Gasteiger partial charge in [0.2, 0.25) is 0 Å². The van der Waals surface area contributed by atoms with Crippen LogP contribution in [0.4, 0.5) is 0 Å². The van der Waals surface area contributed by atoms with Gasteiger partial charge in [0.25, 0.3) is 0 Å². The second-order valence-corrected chi connectivity index (χ2v) is 14.1. The van der Waals surface area contributed by atoms with Gasteiger partial charge in [-0.2, -0.15) is 0 Å². The molecule has 5 heteroatoms. The fraction of sp³-hybridized carbons (Fsp3) is 0.520. The minimum Gasteiger partial charge on any atom is -0.432 e. The quantitative estimate of drug-likeness (QED) is 0.502. The van der Waals surface area contributed by atoms with Crippen molar-refractivity contribution in [3.8, 4) is 0 Å². The van der Waals surface area contributed by atoms with Crippen molar-refractivity contribution < 1.29 is 14.3 Å². The summed E-state index contributed by atoms with van der Waals surface area (Å²) in [7, 11) is -2.20. The van der Waals surface area contributed by atoms with Gasteiger partial charge in [0.05, 0.1) is 32.0 Å². The summed E-state index contributed by atoms with van der Waals surface area (Å²) in [5.74, 6) is 0. The van der Waals surface area contributed by atoms with Crippen molar-refractivity contribution >= 4 is 8.32 Å². The van der Waals surface area contributed by atoms with Gasteiger partial charge in [-0.25, -0.2) is 0 Å². The molecule has 1 fully saturated rings. The smallest absolute Gasteiger partial charge is 0.188 e. The highest BCUT2D eigenvalue weighted by atomic mass is 28.4. The molecule has 4 nitrogen and oxygen atoms in total. The molecule has 0 aliphatic carbocycles. The Hall–Kier alpha value is -1.50. The van der Waals surface area contributed by atoms with Crippen LogP contribution in [0.5, 0.6) is 0 Å². The van der Waals surface area contributed by atoms with Gasteiger partial charge in [0.1, 0.15) is 0 Å². The SMILES string of the molecule is CC(C)(CC[C@@H]1N[C@@H](COCc2ccccc2)[C@@H]1OCc1ccccc1)[Si](C)(C)O. The molecule has 0 spiro atoms. The van der Waals surface area contributed by atoms with Gasteiger partial charge in [-0.3, -0.25) is 0 Å². The molecule has 3 atom stereocenters. The highest BCUT2D eigenvalue weighted by molar-refractivity contribution is 6.72. The van der Waals surface area contributed by atoms with E-state index < -0.39 is 8.32 Å². The van der Waals surface area contributed by atoms with Gasteiger partial charge in [0.15, 0.2) is 8.32 Å². The van der Waals surface area contributed by atoms with Crippen molar-refractivity contribution in [1.29, 1.82) is 0 Å². The molecule has 0 radical (unpaired) electrons. The predicted octanol–water partition coefficient (Wildman–Crippen LogP) is 4.89. The molecule has 2 N–H and O–H groups in total. The summed E-state index contributed by atoms with van der Waals surface area (Å²) in [5.41, 5.74) is 2.38. The number of benzene rings is 2. The Labute approximate surface area is 182 Å². The zero-order valence-corrected chi connectivity index (χ0v) is 19.8. The first-order chi connectivity index (χ1) is 14.3. The summed E-state index contributed by atoms with van der Waals surface area (Å²) in [4.78, 5) is 10.6. The second kappa shape index (κ2) is 10.2. The van der Waals surface area contributed by atoms with Crippen LogP contribution in [0, 0.1) is 0 Å². The molecule has 164 valence electrons. The largest absolute Gasteiger partial charge is 0.432 e. The Morgan fingerprint density at radius 3 is 2.03 bits per heavy atom. The van der Waals surface area contributed by atoms with E-state index in [0.29, 0.717) is 25.9 Å². The minimum absolute atomic E-state index is 0.0203. The van der Waals surface area contributed by atoms with Crippen LogP contribution >= 0.6 is 0 Å². The van der Waals surface area contributed by atoms with E-state index in [-0.39, 0.29) is 17.2 Å². The van der Waals surface area contributed by atoms with Gasteiger partial charge in [-0.05, 0) is 42.1 Å². The van der Waals surface area contributed by atoms with Crippen LogP contribution in [0.15, 0.2) is 60.7 Å². The van der Waals surface area contributed by atoms with Crippen molar-refractivity contribution in [3.63, 3.8) is 0 Å². The molecule has 0 bridgehead atoms. The highest BCUT2D eigenvalue weighted by Gasteiger charge is 2.44. The molecule has 3 rings (SSSR count). The van der Waals surface area contributed by atoms with Crippen LogP contribution in [0.1, 0.15) is 37.8 Å². The van der Waals surface area contributed by atoms with Gasteiger partial charge in [0, 0.05) is 6.04 Å². The van der Waals surface area contributed by atoms with Crippen molar-refractivity contribution in [2.24, 2.45) is 0 Å². The Kier molecular flexibility index (Phi) is 7.88. The maximum atomic E-state index is 10.6. The molecule has 0 unspecified atom stereocenters.